The lowest BCUT2D eigenvalue weighted by atomic mass is 9.96. The molecule has 1 saturated heterocycles. The Kier molecular flexibility index (Phi) is 14.8. The number of hydrazine groups is 2. The summed E-state index contributed by atoms with van der Waals surface area (Å²) < 4.78 is 19.1. The summed E-state index contributed by atoms with van der Waals surface area (Å²) in [5.74, 6) is -0.279. The fraction of sp³-hybridized carbons (Fsp3) is 1.00. The van der Waals surface area contributed by atoms with Crippen molar-refractivity contribution >= 4 is 0 Å². The van der Waals surface area contributed by atoms with E-state index < -0.39 is 11.4 Å². The van der Waals surface area contributed by atoms with E-state index in [1.54, 1.807) is 5.17 Å². The van der Waals surface area contributed by atoms with Crippen molar-refractivity contribution in [3.05, 3.63) is 0 Å². The maximum atomic E-state index is 7.23. The van der Waals surface area contributed by atoms with Crippen molar-refractivity contribution in [2.75, 3.05) is 52.8 Å². The van der Waals surface area contributed by atoms with Crippen molar-refractivity contribution in [2.45, 2.75) is 87.6 Å². The lowest BCUT2D eigenvalue weighted by Crippen LogP contribution is -2.85. The van der Waals surface area contributed by atoms with E-state index in [0.29, 0.717) is 45.6 Å². The highest BCUT2D eigenvalue weighted by atomic mass is 17.0. The van der Waals surface area contributed by atoms with E-state index in [1.807, 2.05) is 6.92 Å². The largest absolute Gasteiger partial charge is 0.378 e. The van der Waals surface area contributed by atoms with E-state index in [4.69, 9.17) is 34.5 Å². The summed E-state index contributed by atoms with van der Waals surface area (Å²) in [6.45, 7) is 25.9. The zero-order valence-electron chi connectivity index (χ0n) is 24.9. The Morgan fingerprint density at radius 3 is 1.64 bits per heavy atom. The Morgan fingerprint density at radius 2 is 1.14 bits per heavy atom. The quantitative estimate of drug-likeness (QED) is 0.265. The summed E-state index contributed by atoms with van der Waals surface area (Å²) in [6.07, 6.45) is 0. The Balaban J connectivity index is 3.67. The SMILES string of the molecule is CCOCC1(OCC(C)C)CN(OCC(C)C)N(OCC(C)C)N(OCC(C)C)C1(N)OCC(C)C. The minimum atomic E-state index is -1.56. The summed E-state index contributed by atoms with van der Waals surface area (Å²) in [5, 5.41) is 4.56. The van der Waals surface area contributed by atoms with Crippen molar-refractivity contribution < 1.29 is 28.7 Å². The first-order chi connectivity index (χ1) is 16.8. The molecule has 0 saturated carbocycles. The third-order valence-electron chi connectivity index (χ3n) is 5.15. The number of nitrogens with zero attached hydrogens (tertiary/aromatic N) is 3. The second kappa shape index (κ2) is 15.9. The van der Waals surface area contributed by atoms with Gasteiger partial charge in [-0.1, -0.05) is 74.4 Å². The van der Waals surface area contributed by atoms with Gasteiger partial charge in [0.2, 0.25) is 5.85 Å². The van der Waals surface area contributed by atoms with E-state index in [1.165, 1.54) is 10.5 Å². The van der Waals surface area contributed by atoms with E-state index in [2.05, 4.69) is 69.2 Å². The lowest BCUT2D eigenvalue weighted by Gasteiger charge is -2.59. The Labute approximate surface area is 220 Å². The molecule has 216 valence electrons. The van der Waals surface area contributed by atoms with Gasteiger partial charge in [-0.25, -0.2) is 0 Å². The zero-order chi connectivity index (χ0) is 27.5. The van der Waals surface area contributed by atoms with Crippen LogP contribution >= 0.6 is 0 Å². The number of hydroxylamine groups is 2. The molecular weight excluding hydrogens is 464 g/mol. The third-order valence-corrected chi connectivity index (χ3v) is 5.15. The molecule has 0 spiro atoms. The first kappa shape index (κ1) is 33.6. The highest BCUT2D eigenvalue weighted by molar-refractivity contribution is 5.00. The van der Waals surface area contributed by atoms with Crippen LogP contribution in [0.1, 0.15) is 76.2 Å². The van der Waals surface area contributed by atoms with Crippen molar-refractivity contribution in [1.82, 2.24) is 15.6 Å². The van der Waals surface area contributed by atoms with Gasteiger partial charge in [0.15, 0.2) is 5.60 Å². The molecule has 2 N–H and O–H groups in total. The Hall–Kier alpha value is -0.400. The molecule has 0 radical (unpaired) electrons. The second-order valence-electron chi connectivity index (χ2n) is 11.8. The van der Waals surface area contributed by atoms with Crippen LogP contribution in [0.25, 0.3) is 0 Å². The molecule has 0 aromatic rings. The van der Waals surface area contributed by atoms with Gasteiger partial charge in [0, 0.05) is 11.9 Å². The summed E-state index contributed by atoms with van der Waals surface area (Å²) in [5.41, 5.74) is 6.08. The molecule has 0 bridgehead atoms. The molecule has 0 amide bonds. The number of ether oxygens (including phenoxy) is 3. The Morgan fingerprint density at radius 1 is 0.667 bits per heavy atom. The Bertz CT molecular complexity index is 595. The van der Waals surface area contributed by atoms with Gasteiger partial charge in [-0.05, 0) is 41.7 Å². The van der Waals surface area contributed by atoms with Gasteiger partial charge in [-0.3, -0.25) is 20.2 Å². The van der Waals surface area contributed by atoms with Crippen molar-refractivity contribution in [3.63, 3.8) is 0 Å². The first-order valence-corrected chi connectivity index (χ1v) is 13.7. The number of rotatable bonds is 18. The molecule has 2 unspecified atom stereocenters. The molecule has 0 aromatic carbocycles. The zero-order valence-corrected chi connectivity index (χ0v) is 24.9. The van der Waals surface area contributed by atoms with Gasteiger partial charge < -0.3 is 14.2 Å². The minimum Gasteiger partial charge on any atom is -0.378 e. The van der Waals surface area contributed by atoms with Crippen LogP contribution in [-0.4, -0.2) is 79.9 Å². The summed E-state index contributed by atoms with van der Waals surface area (Å²) in [4.78, 5) is 18.8. The summed E-state index contributed by atoms with van der Waals surface area (Å²) in [7, 11) is 0. The normalized spacial score (nSPS) is 24.9. The van der Waals surface area contributed by atoms with Crippen LogP contribution in [0.3, 0.4) is 0 Å². The minimum absolute atomic E-state index is 0.186. The molecule has 10 nitrogen and oxygen atoms in total. The fourth-order valence-electron chi connectivity index (χ4n) is 3.23. The highest BCUT2D eigenvalue weighted by Gasteiger charge is 2.65. The standard InChI is InChI=1S/C26H56N4O6/c1-12-31-19-25(32-13-20(2)3)18-28(34-15-22(6)7)30(36-17-24(10)11)29(35-16-23(8)9)26(25,27)33-14-21(4)5/h20-24H,12-19,27H2,1-11H3. The number of hydrogen-bond donors (Lipinski definition) is 1. The molecule has 0 aliphatic carbocycles. The second-order valence-corrected chi connectivity index (χ2v) is 11.8. The summed E-state index contributed by atoms with van der Waals surface area (Å²) in [6, 6.07) is 0. The average molecular weight is 521 g/mol. The smallest absolute Gasteiger partial charge is 0.249 e. The molecule has 0 aromatic heterocycles. The molecule has 2 atom stereocenters. The predicted octanol–water partition coefficient (Wildman–Crippen LogP) is 4.23. The maximum Gasteiger partial charge on any atom is 0.249 e. The van der Waals surface area contributed by atoms with Crippen LogP contribution in [0.5, 0.6) is 0 Å². The third kappa shape index (κ3) is 10.1. The van der Waals surface area contributed by atoms with Gasteiger partial charge in [0.05, 0.1) is 46.2 Å². The van der Waals surface area contributed by atoms with Gasteiger partial charge in [-0.2, -0.15) is 0 Å². The predicted molar refractivity (Wildman–Crippen MR) is 140 cm³/mol. The van der Waals surface area contributed by atoms with Crippen molar-refractivity contribution in [3.8, 4) is 0 Å². The average Bonchev–Trinajstić information content (AvgIpc) is 2.78. The van der Waals surface area contributed by atoms with E-state index >= 15 is 0 Å². The molecule has 1 rings (SSSR count). The van der Waals surface area contributed by atoms with Crippen LogP contribution in [0.2, 0.25) is 0 Å². The summed E-state index contributed by atoms with van der Waals surface area (Å²) >= 11 is 0. The monoisotopic (exact) mass is 520 g/mol. The fourth-order valence-corrected chi connectivity index (χ4v) is 3.23. The van der Waals surface area contributed by atoms with Crippen LogP contribution in [0.4, 0.5) is 0 Å². The molecule has 1 heterocycles. The topological polar surface area (TPSA) is 91.1 Å². The van der Waals surface area contributed by atoms with Gasteiger partial charge >= 0.3 is 0 Å². The molecule has 1 aliphatic heterocycles. The van der Waals surface area contributed by atoms with Gasteiger partial charge in [0.25, 0.3) is 0 Å². The van der Waals surface area contributed by atoms with Gasteiger partial charge in [0.1, 0.15) is 0 Å². The van der Waals surface area contributed by atoms with E-state index in [9.17, 15) is 0 Å². The van der Waals surface area contributed by atoms with E-state index in [-0.39, 0.29) is 36.8 Å². The van der Waals surface area contributed by atoms with Crippen molar-refractivity contribution in [2.24, 2.45) is 35.3 Å². The van der Waals surface area contributed by atoms with Crippen LogP contribution in [0, 0.1) is 29.6 Å². The van der Waals surface area contributed by atoms with Crippen molar-refractivity contribution in [1.29, 1.82) is 0 Å². The number of nitrogens with two attached hydrogens (primary N) is 1. The first-order valence-electron chi connectivity index (χ1n) is 13.7. The number of hydrogen-bond acceptors (Lipinski definition) is 10. The van der Waals surface area contributed by atoms with Crippen LogP contribution in [0.15, 0.2) is 0 Å². The highest BCUT2D eigenvalue weighted by Crippen LogP contribution is 2.39. The van der Waals surface area contributed by atoms with Crippen LogP contribution < -0.4 is 5.73 Å². The van der Waals surface area contributed by atoms with E-state index in [0.717, 1.165) is 0 Å². The molecule has 36 heavy (non-hydrogen) atoms. The molecular formula is C26H56N4O6. The molecule has 1 aliphatic rings. The molecule has 1 fully saturated rings. The maximum absolute atomic E-state index is 7.23. The molecule has 10 heteroatoms. The van der Waals surface area contributed by atoms with Crippen LogP contribution in [-0.2, 0) is 28.7 Å². The van der Waals surface area contributed by atoms with Gasteiger partial charge in [-0.15, -0.1) is 0 Å². The lowest BCUT2D eigenvalue weighted by molar-refractivity contribution is -0.615.